The molecular weight excluding hydrogens is 479 g/mol. The van der Waals surface area contributed by atoms with Crippen LogP contribution >= 0.6 is 0 Å². The largest absolute Gasteiger partial charge is 0.494 e. The lowest BCUT2D eigenvalue weighted by Gasteiger charge is -2.24. The third-order valence-corrected chi connectivity index (χ3v) is 7.20. The van der Waals surface area contributed by atoms with Crippen molar-refractivity contribution in [3.8, 4) is 16.9 Å². The van der Waals surface area contributed by atoms with Crippen molar-refractivity contribution in [2.45, 2.75) is 11.8 Å². The van der Waals surface area contributed by atoms with Crippen molar-refractivity contribution in [2.75, 3.05) is 22.8 Å². The molecule has 36 heavy (non-hydrogen) atoms. The summed E-state index contributed by atoms with van der Waals surface area (Å²) in [7, 11) is -4.18. The van der Waals surface area contributed by atoms with Crippen LogP contribution in [0.4, 0.5) is 15.8 Å². The Balaban J connectivity index is 1.66. The Morgan fingerprint density at radius 3 is 2.17 bits per heavy atom. The van der Waals surface area contributed by atoms with Gasteiger partial charge in [0.05, 0.1) is 17.2 Å². The van der Waals surface area contributed by atoms with E-state index in [0.717, 1.165) is 27.6 Å². The summed E-state index contributed by atoms with van der Waals surface area (Å²) in [5.74, 6) is -0.517. The molecule has 4 rings (SSSR count). The van der Waals surface area contributed by atoms with E-state index in [1.807, 2.05) is 49.4 Å². The van der Waals surface area contributed by atoms with Gasteiger partial charge in [0, 0.05) is 11.3 Å². The highest BCUT2D eigenvalue weighted by molar-refractivity contribution is 7.92. The number of carbonyl (C=O) groups is 1. The van der Waals surface area contributed by atoms with E-state index in [1.165, 1.54) is 12.1 Å². The Bertz CT molecular complexity index is 1420. The SMILES string of the molecule is CCOc1ccc(N(CC(=O)Nc2ccccc2-c2ccccc2)S(=O)(=O)c2ccc(F)cc2)cc1. The van der Waals surface area contributed by atoms with Gasteiger partial charge in [-0.25, -0.2) is 12.8 Å². The molecule has 0 fully saturated rings. The van der Waals surface area contributed by atoms with Gasteiger partial charge in [-0.1, -0.05) is 48.5 Å². The summed E-state index contributed by atoms with van der Waals surface area (Å²) in [6, 6.07) is 27.7. The lowest BCUT2D eigenvalue weighted by molar-refractivity contribution is -0.114. The van der Waals surface area contributed by atoms with Crippen LogP contribution in [0.15, 0.2) is 108 Å². The van der Waals surface area contributed by atoms with E-state index < -0.39 is 28.3 Å². The van der Waals surface area contributed by atoms with Crippen LogP contribution in [-0.4, -0.2) is 27.5 Å². The van der Waals surface area contributed by atoms with Gasteiger partial charge >= 0.3 is 0 Å². The van der Waals surface area contributed by atoms with Crippen LogP contribution in [0.3, 0.4) is 0 Å². The number of benzene rings is 4. The zero-order valence-electron chi connectivity index (χ0n) is 19.6. The fraction of sp³-hybridized carbons (Fsp3) is 0.107. The standard InChI is InChI=1S/C28H25FN2O4S/c1-2-35-24-16-14-23(15-17-24)31(36(33,34)25-18-12-22(29)13-19-25)20-28(32)30-27-11-7-6-10-26(27)21-8-4-3-5-9-21/h3-19H,2,20H2,1H3,(H,30,32). The van der Waals surface area contributed by atoms with Crippen molar-refractivity contribution >= 4 is 27.3 Å². The number of para-hydroxylation sites is 1. The van der Waals surface area contributed by atoms with Crippen molar-refractivity contribution in [1.29, 1.82) is 0 Å². The van der Waals surface area contributed by atoms with Gasteiger partial charge in [0.1, 0.15) is 18.1 Å². The number of amides is 1. The number of nitrogens with zero attached hydrogens (tertiary/aromatic N) is 1. The van der Waals surface area contributed by atoms with Crippen LogP contribution < -0.4 is 14.4 Å². The molecule has 0 spiro atoms. The van der Waals surface area contributed by atoms with Crippen LogP contribution in [0.1, 0.15) is 6.92 Å². The topological polar surface area (TPSA) is 75.7 Å². The predicted octanol–water partition coefficient (Wildman–Crippen LogP) is 5.73. The normalized spacial score (nSPS) is 11.1. The maximum absolute atomic E-state index is 13.5. The van der Waals surface area contributed by atoms with E-state index in [4.69, 9.17) is 4.74 Å². The third kappa shape index (κ3) is 5.72. The second kappa shape index (κ2) is 11.0. The Morgan fingerprint density at radius 1 is 0.861 bits per heavy atom. The minimum absolute atomic E-state index is 0.129. The van der Waals surface area contributed by atoms with Gasteiger partial charge < -0.3 is 10.1 Å². The van der Waals surface area contributed by atoms with Gasteiger partial charge in [-0.2, -0.15) is 0 Å². The molecule has 4 aromatic rings. The zero-order valence-corrected chi connectivity index (χ0v) is 20.4. The highest BCUT2D eigenvalue weighted by Crippen LogP contribution is 2.29. The quantitative estimate of drug-likeness (QED) is 0.316. The van der Waals surface area contributed by atoms with Crippen molar-refractivity contribution in [3.05, 3.63) is 109 Å². The van der Waals surface area contributed by atoms with Crippen molar-refractivity contribution < 1.29 is 22.3 Å². The maximum atomic E-state index is 13.5. The van der Waals surface area contributed by atoms with Crippen LogP contribution in [0.2, 0.25) is 0 Å². The average molecular weight is 505 g/mol. The van der Waals surface area contributed by atoms with Gasteiger partial charge in [-0.05, 0) is 67.1 Å². The fourth-order valence-electron chi connectivity index (χ4n) is 3.71. The van der Waals surface area contributed by atoms with Crippen LogP contribution in [0, 0.1) is 5.82 Å². The molecule has 0 aromatic heterocycles. The smallest absolute Gasteiger partial charge is 0.264 e. The summed E-state index contributed by atoms with van der Waals surface area (Å²) >= 11 is 0. The van der Waals surface area contributed by atoms with E-state index in [9.17, 15) is 17.6 Å². The Kier molecular flexibility index (Phi) is 7.65. The van der Waals surface area contributed by atoms with Crippen molar-refractivity contribution in [3.63, 3.8) is 0 Å². The second-order valence-corrected chi connectivity index (χ2v) is 9.71. The second-order valence-electron chi connectivity index (χ2n) is 7.85. The molecule has 1 amide bonds. The fourth-order valence-corrected chi connectivity index (χ4v) is 5.13. The monoisotopic (exact) mass is 504 g/mol. The summed E-state index contributed by atoms with van der Waals surface area (Å²) in [5, 5.41) is 2.84. The van der Waals surface area contributed by atoms with E-state index >= 15 is 0 Å². The van der Waals surface area contributed by atoms with Crippen LogP contribution in [0.5, 0.6) is 5.75 Å². The third-order valence-electron chi connectivity index (χ3n) is 5.41. The molecule has 0 bridgehead atoms. The summed E-state index contributed by atoms with van der Waals surface area (Å²) in [6.07, 6.45) is 0. The lowest BCUT2D eigenvalue weighted by Crippen LogP contribution is -2.38. The number of ether oxygens (including phenoxy) is 1. The van der Waals surface area contributed by atoms with E-state index in [1.54, 1.807) is 36.4 Å². The first-order chi connectivity index (χ1) is 17.4. The van der Waals surface area contributed by atoms with Gasteiger partial charge in [0.15, 0.2) is 0 Å². The van der Waals surface area contributed by atoms with Gasteiger partial charge in [-0.3, -0.25) is 9.10 Å². The molecule has 0 radical (unpaired) electrons. The van der Waals surface area contributed by atoms with Crippen molar-refractivity contribution in [1.82, 2.24) is 0 Å². The first-order valence-corrected chi connectivity index (χ1v) is 12.8. The average Bonchev–Trinajstić information content (AvgIpc) is 2.89. The minimum atomic E-state index is -4.18. The van der Waals surface area contributed by atoms with E-state index in [2.05, 4.69) is 5.32 Å². The summed E-state index contributed by atoms with van der Waals surface area (Å²) in [6.45, 7) is 1.81. The molecule has 0 saturated heterocycles. The summed E-state index contributed by atoms with van der Waals surface area (Å²) in [5.41, 5.74) is 2.55. The zero-order chi connectivity index (χ0) is 25.5. The molecule has 8 heteroatoms. The number of hydrogen-bond acceptors (Lipinski definition) is 4. The van der Waals surface area contributed by atoms with Crippen LogP contribution in [-0.2, 0) is 14.8 Å². The number of rotatable bonds is 9. The highest BCUT2D eigenvalue weighted by atomic mass is 32.2. The molecule has 0 saturated carbocycles. The molecule has 1 N–H and O–H groups in total. The Morgan fingerprint density at radius 2 is 1.50 bits per heavy atom. The summed E-state index contributed by atoms with van der Waals surface area (Å²) < 4.78 is 47.0. The molecule has 0 aliphatic rings. The maximum Gasteiger partial charge on any atom is 0.264 e. The molecular formula is C28H25FN2O4S. The highest BCUT2D eigenvalue weighted by Gasteiger charge is 2.27. The first-order valence-electron chi connectivity index (χ1n) is 11.3. The van der Waals surface area contributed by atoms with E-state index in [0.29, 0.717) is 18.0 Å². The molecule has 0 aliphatic carbocycles. The van der Waals surface area contributed by atoms with E-state index in [-0.39, 0.29) is 10.6 Å². The van der Waals surface area contributed by atoms with Crippen molar-refractivity contribution in [2.24, 2.45) is 0 Å². The molecule has 0 aliphatic heterocycles. The van der Waals surface area contributed by atoms with Gasteiger partial charge in [0.25, 0.3) is 10.0 Å². The molecule has 0 unspecified atom stereocenters. The predicted molar refractivity (Wildman–Crippen MR) is 139 cm³/mol. The number of anilines is 2. The Hall–Kier alpha value is -4.17. The number of carbonyl (C=O) groups excluding carboxylic acids is 1. The van der Waals surface area contributed by atoms with Crippen LogP contribution in [0.25, 0.3) is 11.1 Å². The minimum Gasteiger partial charge on any atom is -0.494 e. The molecule has 4 aromatic carbocycles. The number of nitrogens with one attached hydrogen (secondary N) is 1. The lowest BCUT2D eigenvalue weighted by atomic mass is 10.0. The molecule has 184 valence electrons. The first kappa shape index (κ1) is 24.9. The van der Waals surface area contributed by atoms with Gasteiger partial charge in [0.2, 0.25) is 5.91 Å². The molecule has 6 nitrogen and oxygen atoms in total. The Labute approximate surface area is 210 Å². The molecule has 0 heterocycles. The number of hydrogen-bond donors (Lipinski definition) is 1. The summed E-state index contributed by atoms with van der Waals surface area (Å²) in [4.78, 5) is 13.0. The van der Waals surface area contributed by atoms with Gasteiger partial charge in [-0.15, -0.1) is 0 Å². The number of sulfonamides is 1. The number of halogens is 1. The molecule has 0 atom stereocenters.